The average molecular weight is 494 g/mol. The smallest absolute Gasteiger partial charge is 0.410 e. The number of hydrogen-bond donors (Lipinski definition) is 1. The molecule has 1 fully saturated rings. The quantitative estimate of drug-likeness (QED) is 0.442. The van der Waals surface area contributed by atoms with E-state index in [1.165, 1.54) is 14.0 Å². The van der Waals surface area contributed by atoms with Crippen molar-refractivity contribution in [1.82, 2.24) is 4.90 Å². The van der Waals surface area contributed by atoms with Crippen molar-refractivity contribution in [2.45, 2.75) is 69.9 Å². The molecular formula is C28H35N3O5. The van der Waals surface area contributed by atoms with Crippen LogP contribution < -0.4 is 10.5 Å². The molecule has 36 heavy (non-hydrogen) atoms. The van der Waals surface area contributed by atoms with Crippen molar-refractivity contribution in [3.8, 4) is 5.75 Å². The highest BCUT2D eigenvalue weighted by Crippen LogP contribution is 2.34. The number of nitrogens with zero attached hydrogens (tertiary/aromatic N) is 2. The second-order valence-electron chi connectivity index (χ2n) is 9.78. The first kappa shape index (κ1) is 25.7. The molecule has 8 nitrogen and oxygen atoms in total. The summed E-state index contributed by atoms with van der Waals surface area (Å²) in [6, 6.07) is 15.6. The van der Waals surface area contributed by atoms with Crippen LogP contribution in [-0.4, -0.2) is 60.6 Å². The van der Waals surface area contributed by atoms with Crippen LogP contribution in [0.3, 0.4) is 0 Å². The maximum Gasteiger partial charge on any atom is 0.410 e. The molecule has 2 aromatic rings. The molecule has 2 aromatic carbocycles. The van der Waals surface area contributed by atoms with E-state index in [4.69, 9.17) is 19.9 Å². The Morgan fingerprint density at radius 3 is 2.58 bits per heavy atom. The van der Waals surface area contributed by atoms with Crippen LogP contribution in [0.2, 0.25) is 0 Å². The van der Waals surface area contributed by atoms with Crippen molar-refractivity contribution in [3.05, 3.63) is 65.2 Å². The molecule has 1 saturated carbocycles. The van der Waals surface area contributed by atoms with Gasteiger partial charge in [-0.3, -0.25) is 9.79 Å². The van der Waals surface area contributed by atoms with E-state index in [-0.39, 0.29) is 36.7 Å². The number of benzene rings is 2. The second kappa shape index (κ2) is 10.7. The van der Waals surface area contributed by atoms with E-state index in [0.717, 1.165) is 41.7 Å². The van der Waals surface area contributed by atoms with Gasteiger partial charge in [-0.05, 0) is 68.9 Å². The summed E-state index contributed by atoms with van der Waals surface area (Å²) in [5.41, 5.74) is 8.20. The maximum atomic E-state index is 12.4. The zero-order valence-corrected chi connectivity index (χ0v) is 21.4. The van der Waals surface area contributed by atoms with Gasteiger partial charge in [0.05, 0.1) is 6.04 Å². The number of fused-ring (bicyclic) bond motifs is 1. The van der Waals surface area contributed by atoms with Gasteiger partial charge in [-0.15, -0.1) is 0 Å². The molecule has 8 heteroatoms. The molecule has 0 saturated heterocycles. The summed E-state index contributed by atoms with van der Waals surface area (Å²) in [7, 11) is 3.30. The van der Waals surface area contributed by atoms with E-state index in [0.29, 0.717) is 12.3 Å². The standard InChI is InChI=1S/C28H35N3O5/c1-18(32)28(2,34-4)25-13-11-20-14-21(10-12-24(20)36-25)26(29)30-22-15-23(16-22)31(3)27(33)35-17-19-8-6-5-7-9-19/h5-10,12,14,22-23,25H,11,13,15-17H2,1-4H3,(H2,29,30)/t22?,23?,25-,28-/m1/s1. The Balaban J connectivity index is 1.31. The first-order chi connectivity index (χ1) is 17.2. The largest absolute Gasteiger partial charge is 0.487 e. The van der Waals surface area contributed by atoms with E-state index in [2.05, 4.69) is 4.99 Å². The van der Waals surface area contributed by atoms with Gasteiger partial charge in [0, 0.05) is 25.8 Å². The van der Waals surface area contributed by atoms with Gasteiger partial charge in [0.2, 0.25) is 0 Å². The van der Waals surface area contributed by atoms with Gasteiger partial charge in [0.15, 0.2) is 11.4 Å². The number of carbonyl (C=O) groups excluding carboxylic acids is 2. The van der Waals surface area contributed by atoms with Crippen molar-refractivity contribution in [2.24, 2.45) is 10.7 Å². The third-order valence-electron chi connectivity index (χ3n) is 7.49. The predicted molar refractivity (Wildman–Crippen MR) is 137 cm³/mol. The highest BCUT2D eigenvalue weighted by molar-refractivity contribution is 5.98. The minimum Gasteiger partial charge on any atom is -0.487 e. The fourth-order valence-corrected chi connectivity index (χ4v) is 4.66. The molecule has 0 bridgehead atoms. The van der Waals surface area contributed by atoms with Gasteiger partial charge in [-0.25, -0.2) is 4.79 Å². The number of ketones is 1. The van der Waals surface area contributed by atoms with Crippen molar-refractivity contribution < 1.29 is 23.8 Å². The molecule has 4 rings (SSSR count). The summed E-state index contributed by atoms with van der Waals surface area (Å²) in [4.78, 5) is 30.8. The van der Waals surface area contributed by atoms with Crippen molar-refractivity contribution in [2.75, 3.05) is 14.2 Å². The monoisotopic (exact) mass is 493 g/mol. The van der Waals surface area contributed by atoms with E-state index in [1.807, 2.05) is 48.5 Å². The van der Waals surface area contributed by atoms with Crippen LogP contribution >= 0.6 is 0 Å². The fourth-order valence-electron chi connectivity index (χ4n) is 4.66. The van der Waals surface area contributed by atoms with E-state index in [1.54, 1.807) is 18.9 Å². The molecule has 0 radical (unpaired) electrons. The molecule has 1 heterocycles. The Labute approximate surface area is 212 Å². The summed E-state index contributed by atoms with van der Waals surface area (Å²) >= 11 is 0. The summed E-state index contributed by atoms with van der Waals surface area (Å²) in [6.45, 7) is 3.56. The first-order valence-corrected chi connectivity index (χ1v) is 12.3. The van der Waals surface area contributed by atoms with Gasteiger partial charge in [-0.1, -0.05) is 30.3 Å². The number of rotatable bonds is 8. The second-order valence-corrected chi connectivity index (χ2v) is 9.78. The summed E-state index contributed by atoms with van der Waals surface area (Å²) in [5.74, 6) is 1.16. The van der Waals surface area contributed by atoms with Gasteiger partial charge >= 0.3 is 6.09 Å². The van der Waals surface area contributed by atoms with Gasteiger partial charge in [-0.2, -0.15) is 0 Å². The van der Waals surface area contributed by atoms with E-state index in [9.17, 15) is 9.59 Å². The highest BCUT2D eigenvalue weighted by Gasteiger charge is 2.42. The topological polar surface area (TPSA) is 103 Å². The zero-order chi connectivity index (χ0) is 25.9. The normalized spacial score (nSPS) is 22.9. The number of amidine groups is 1. The van der Waals surface area contributed by atoms with Crippen LogP contribution in [0.1, 0.15) is 49.8 Å². The lowest BCUT2D eigenvalue weighted by molar-refractivity contribution is -0.149. The summed E-state index contributed by atoms with van der Waals surface area (Å²) in [5, 5.41) is 0. The number of hydrogen-bond acceptors (Lipinski definition) is 6. The Kier molecular flexibility index (Phi) is 7.64. The molecule has 1 aliphatic carbocycles. The van der Waals surface area contributed by atoms with Gasteiger partial charge < -0.3 is 24.8 Å². The SMILES string of the molecule is CO[C@](C)(C(C)=O)[C@H]1CCc2cc(C(N)=NC3CC(N(C)C(=O)OCc4ccccc4)C3)ccc2O1. The maximum absolute atomic E-state index is 12.4. The lowest BCUT2D eigenvalue weighted by Crippen LogP contribution is -2.51. The number of Topliss-reactive ketones (excluding diaryl/α,β-unsaturated/α-hetero) is 1. The highest BCUT2D eigenvalue weighted by atomic mass is 16.6. The number of methoxy groups -OCH3 is 1. The molecule has 1 amide bonds. The minimum absolute atomic E-state index is 0.0552. The molecule has 2 N–H and O–H groups in total. The molecule has 2 atom stereocenters. The van der Waals surface area contributed by atoms with Crippen molar-refractivity contribution >= 4 is 17.7 Å². The number of aryl methyl sites for hydroxylation is 1. The molecule has 0 unspecified atom stereocenters. The van der Waals surface area contributed by atoms with Crippen LogP contribution in [0.15, 0.2) is 53.5 Å². The Hall–Kier alpha value is -3.39. The average Bonchev–Trinajstić information content (AvgIpc) is 2.87. The zero-order valence-electron chi connectivity index (χ0n) is 21.4. The fraction of sp³-hybridized carbons (Fsp3) is 0.464. The Morgan fingerprint density at radius 1 is 1.19 bits per heavy atom. The molecule has 1 aliphatic heterocycles. The van der Waals surface area contributed by atoms with Crippen LogP contribution in [0.25, 0.3) is 0 Å². The number of aliphatic imine (C=N–C) groups is 1. The third-order valence-corrected chi connectivity index (χ3v) is 7.49. The van der Waals surface area contributed by atoms with Crippen LogP contribution in [0.5, 0.6) is 5.75 Å². The lowest BCUT2D eigenvalue weighted by atomic mass is 9.86. The number of carbonyl (C=O) groups is 2. The number of ether oxygens (including phenoxy) is 3. The van der Waals surface area contributed by atoms with Gasteiger partial charge in [0.1, 0.15) is 24.3 Å². The summed E-state index contributed by atoms with van der Waals surface area (Å²) in [6.07, 6.45) is 2.25. The number of amides is 1. The molecule has 0 spiro atoms. The Bertz CT molecular complexity index is 1130. The van der Waals surface area contributed by atoms with E-state index < -0.39 is 5.60 Å². The van der Waals surface area contributed by atoms with Crippen LogP contribution in [0, 0.1) is 0 Å². The molecule has 2 aliphatic rings. The van der Waals surface area contributed by atoms with Crippen molar-refractivity contribution in [1.29, 1.82) is 0 Å². The first-order valence-electron chi connectivity index (χ1n) is 12.3. The predicted octanol–water partition coefficient (Wildman–Crippen LogP) is 3.88. The molecular weight excluding hydrogens is 458 g/mol. The number of nitrogens with two attached hydrogens (primary N) is 1. The van der Waals surface area contributed by atoms with E-state index >= 15 is 0 Å². The molecule has 0 aromatic heterocycles. The lowest BCUT2D eigenvalue weighted by Gasteiger charge is -2.38. The van der Waals surface area contributed by atoms with Crippen LogP contribution in [0.4, 0.5) is 4.79 Å². The van der Waals surface area contributed by atoms with Crippen molar-refractivity contribution in [3.63, 3.8) is 0 Å². The summed E-state index contributed by atoms with van der Waals surface area (Å²) < 4.78 is 17.1. The Morgan fingerprint density at radius 2 is 1.92 bits per heavy atom. The minimum atomic E-state index is -0.973. The van der Waals surface area contributed by atoms with Crippen LogP contribution in [-0.2, 0) is 27.3 Å². The molecule has 192 valence electrons. The van der Waals surface area contributed by atoms with Gasteiger partial charge in [0.25, 0.3) is 0 Å². The third kappa shape index (κ3) is 5.38.